The molecule has 0 spiro atoms. The maximum atomic E-state index is 12.1. The fraction of sp³-hybridized carbons (Fsp3) is 0.143. The lowest BCUT2D eigenvalue weighted by atomic mass is 10.2. The monoisotopic (exact) mass is 332 g/mol. The maximum absolute atomic E-state index is 12.1. The van der Waals surface area contributed by atoms with Crippen molar-refractivity contribution in [1.29, 1.82) is 0 Å². The smallest absolute Gasteiger partial charge is 0.276 e. The molecule has 22 heavy (non-hydrogen) atoms. The molecular formula is C14H12N4O2S2. The van der Waals surface area contributed by atoms with E-state index in [9.17, 15) is 9.59 Å². The molecule has 0 unspecified atom stereocenters. The van der Waals surface area contributed by atoms with Crippen LogP contribution in [0.15, 0.2) is 23.6 Å². The molecule has 2 amide bonds. The van der Waals surface area contributed by atoms with E-state index < -0.39 is 0 Å². The fourth-order valence-corrected chi connectivity index (χ4v) is 3.53. The van der Waals surface area contributed by atoms with Crippen LogP contribution in [0.4, 0.5) is 10.3 Å². The highest BCUT2D eigenvalue weighted by atomic mass is 32.1. The van der Waals surface area contributed by atoms with Crippen LogP contribution in [0.1, 0.15) is 23.0 Å². The van der Waals surface area contributed by atoms with E-state index in [-0.39, 0.29) is 17.5 Å². The molecule has 1 aromatic carbocycles. The van der Waals surface area contributed by atoms with Crippen LogP contribution in [0.5, 0.6) is 0 Å². The van der Waals surface area contributed by atoms with Gasteiger partial charge < -0.3 is 5.32 Å². The predicted octanol–water partition coefficient (Wildman–Crippen LogP) is 3.27. The lowest BCUT2D eigenvalue weighted by Gasteiger charge is -1.97. The van der Waals surface area contributed by atoms with Crippen LogP contribution in [0.3, 0.4) is 0 Å². The van der Waals surface area contributed by atoms with Gasteiger partial charge in [0.25, 0.3) is 5.91 Å². The summed E-state index contributed by atoms with van der Waals surface area (Å²) in [6.45, 7) is 3.40. The van der Waals surface area contributed by atoms with Crippen molar-refractivity contribution in [2.45, 2.75) is 13.8 Å². The molecule has 0 radical (unpaired) electrons. The molecule has 2 N–H and O–H groups in total. The second-order valence-corrected chi connectivity index (χ2v) is 6.55. The molecule has 0 aliphatic heterocycles. The van der Waals surface area contributed by atoms with Crippen molar-refractivity contribution in [1.82, 2.24) is 9.97 Å². The third-order valence-electron chi connectivity index (χ3n) is 2.78. The van der Waals surface area contributed by atoms with Crippen LogP contribution in [0.25, 0.3) is 10.2 Å². The fourth-order valence-electron chi connectivity index (χ4n) is 1.83. The number of benzene rings is 1. The lowest BCUT2D eigenvalue weighted by Crippen LogP contribution is -2.12. The van der Waals surface area contributed by atoms with Gasteiger partial charge in [-0.2, -0.15) is 0 Å². The number of carbonyl (C=O) groups excluding carboxylic acids is 2. The quantitative estimate of drug-likeness (QED) is 0.771. The molecule has 0 aliphatic carbocycles. The number of amides is 2. The highest BCUT2D eigenvalue weighted by molar-refractivity contribution is 7.22. The summed E-state index contributed by atoms with van der Waals surface area (Å²) in [5.41, 5.74) is 2.25. The van der Waals surface area contributed by atoms with E-state index in [2.05, 4.69) is 20.6 Å². The molecule has 0 aliphatic rings. The third-order valence-corrected chi connectivity index (χ3v) is 4.48. The zero-order valence-corrected chi connectivity index (χ0v) is 13.5. The highest BCUT2D eigenvalue weighted by Gasteiger charge is 2.14. The summed E-state index contributed by atoms with van der Waals surface area (Å²) in [5, 5.41) is 7.80. The van der Waals surface area contributed by atoms with E-state index in [1.807, 2.05) is 25.1 Å². The first-order valence-corrected chi connectivity index (χ1v) is 8.12. The van der Waals surface area contributed by atoms with Gasteiger partial charge in [0, 0.05) is 12.3 Å². The second-order valence-electron chi connectivity index (χ2n) is 4.66. The first-order valence-electron chi connectivity index (χ1n) is 6.43. The molecule has 0 bridgehead atoms. The number of nitrogens with one attached hydrogen (secondary N) is 2. The van der Waals surface area contributed by atoms with Gasteiger partial charge in [-0.25, -0.2) is 9.97 Å². The summed E-state index contributed by atoms with van der Waals surface area (Å²) in [4.78, 5) is 31.5. The van der Waals surface area contributed by atoms with Gasteiger partial charge in [-0.1, -0.05) is 17.4 Å². The maximum Gasteiger partial charge on any atom is 0.276 e. The number of rotatable bonds is 3. The van der Waals surface area contributed by atoms with Crippen LogP contribution in [-0.4, -0.2) is 21.8 Å². The van der Waals surface area contributed by atoms with Gasteiger partial charge in [-0.3, -0.25) is 14.9 Å². The molecule has 6 nitrogen and oxygen atoms in total. The van der Waals surface area contributed by atoms with Crippen molar-refractivity contribution in [3.63, 3.8) is 0 Å². The minimum Gasteiger partial charge on any atom is -0.302 e. The SMILES string of the molecule is CC(=O)Nc1nc(C(=O)Nc2nc3ccc(C)cc3s2)cs1. The van der Waals surface area contributed by atoms with Crippen LogP contribution in [0, 0.1) is 6.92 Å². The largest absolute Gasteiger partial charge is 0.302 e. The van der Waals surface area contributed by atoms with Crippen LogP contribution in [0.2, 0.25) is 0 Å². The summed E-state index contributed by atoms with van der Waals surface area (Å²) >= 11 is 2.62. The Hall–Kier alpha value is -2.32. The molecule has 3 rings (SSSR count). The molecule has 0 saturated heterocycles. The zero-order chi connectivity index (χ0) is 15.7. The molecule has 0 atom stereocenters. The molecule has 2 aromatic heterocycles. The van der Waals surface area contributed by atoms with Crippen molar-refractivity contribution in [2.24, 2.45) is 0 Å². The van der Waals surface area contributed by atoms with Gasteiger partial charge in [-0.05, 0) is 24.6 Å². The standard InChI is InChI=1S/C14H12N4O2S2/c1-7-3-4-9-11(5-7)22-14(16-9)18-12(20)10-6-21-13(17-10)15-8(2)19/h3-6H,1-2H3,(H,15,17,19)(H,16,18,20). The van der Waals surface area contributed by atoms with Gasteiger partial charge in [0.2, 0.25) is 5.91 Å². The number of nitrogens with zero attached hydrogens (tertiary/aromatic N) is 2. The average molecular weight is 332 g/mol. The summed E-state index contributed by atoms with van der Waals surface area (Å²) in [6.07, 6.45) is 0. The Morgan fingerprint density at radius 1 is 1.14 bits per heavy atom. The number of fused-ring (bicyclic) bond motifs is 1. The summed E-state index contributed by atoms with van der Waals surface area (Å²) < 4.78 is 1.02. The number of hydrogen-bond acceptors (Lipinski definition) is 6. The number of carbonyl (C=O) groups is 2. The second kappa shape index (κ2) is 5.82. The van der Waals surface area contributed by atoms with E-state index in [1.54, 1.807) is 5.38 Å². The third kappa shape index (κ3) is 3.12. The molecule has 3 aromatic rings. The summed E-state index contributed by atoms with van der Waals surface area (Å²) in [6, 6.07) is 5.93. The van der Waals surface area contributed by atoms with E-state index in [1.165, 1.54) is 29.6 Å². The topological polar surface area (TPSA) is 84.0 Å². The Balaban J connectivity index is 1.77. The number of aromatic nitrogens is 2. The minimum atomic E-state index is -0.344. The molecule has 8 heteroatoms. The first kappa shape index (κ1) is 14.6. The van der Waals surface area contributed by atoms with Gasteiger partial charge in [0.05, 0.1) is 10.2 Å². The number of hydrogen-bond donors (Lipinski definition) is 2. The molecule has 112 valence electrons. The Bertz CT molecular complexity index is 869. The minimum absolute atomic E-state index is 0.220. The predicted molar refractivity (Wildman–Crippen MR) is 88.7 cm³/mol. The van der Waals surface area contributed by atoms with Crippen LogP contribution < -0.4 is 10.6 Å². The van der Waals surface area contributed by atoms with E-state index >= 15 is 0 Å². The number of thiazole rings is 2. The van der Waals surface area contributed by atoms with Gasteiger partial charge in [0.1, 0.15) is 5.69 Å². The Labute approximate surface area is 134 Å². The van der Waals surface area contributed by atoms with E-state index in [0.717, 1.165) is 15.8 Å². The Kier molecular flexibility index (Phi) is 3.86. The van der Waals surface area contributed by atoms with Crippen LogP contribution in [-0.2, 0) is 4.79 Å². The normalized spacial score (nSPS) is 10.6. The van der Waals surface area contributed by atoms with E-state index in [0.29, 0.717) is 10.3 Å². The van der Waals surface area contributed by atoms with Gasteiger partial charge in [-0.15, -0.1) is 11.3 Å². The van der Waals surface area contributed by atoms with E-state index in [4.69, 9.17) is 0 Å². The van der Waals surface area contributed by atoms with Crippen LogP contribution >= 0.6 is 22.7 Å². The van der Waals surface area contributed by atoms with Gasteiger partial charge >= 0.3 is 0 Å². The van der Waals surface area contributed by atoms with Crippen molar-refractivity contribution in [3.8, 4) is 0 Å². The van der Waals surface area contributed by atoms with Crippen molar-refractivity contribution in [2.75, 3.05) is 10.6 Å². The summed E-state index contributed by atoms with van der Waals surface area (Å²) in [5.74, 6) is -0.563. The number of anilines is 2. The lowest BCUT2D eigenvalue weighted by molar-refractivity contribution is -0.114. The summed E-state index contributed by atoms with van der Waals surface area (Å²) in [7, 11) is 0. The Morgan fingerprint density at radius 3 is 2.73 bits per heavy atom. The first-order chi connectivity index (χ1) is 10.5. The molecular weight excluding hydrogens is 320 g/mol. The van der Waals surface area contributed by atoms with Crippen molar-refractivity contribution >= 4 is 55.0 Å². The highest BCUT2D eigenvalue weighted by Crippen LogP contribution is 2.27. The van der Waals surface area contributed by atoms with Gasteiger partial charge in [0.15, 0.2) is 10.3 Å². The molecule has 0 saturated carbocycles. The molecule has 0 fully saturated rings. The van der Waals surface area contributed by atoms with Crippen molar-refractivity contribution < 1.29 is 9.59 Å². The molecule has 2 heterocycles. The average Bonchev–Trinajstić information content (AvgIpc) is 3.03. The zero-order valence-electron chi connectivity index (χ0n) is 11.8. The Morgan fingerprint density at radius 2 is 1.95 bits per heavy atom. The number of aryl methyl sites for hydroxylation is 1. The van der Waals surface area contributed by atoms with Crippen molar-refractivity contribution in [3.05, 3.63) is 34.8 Å².